The summed E-state index contributed by atoms with van der Waals surface area (Å²) in [7, 11) is 0. The minimum atomic E-state index is -1.10. The highest BCUT2D eigenvalue weighted by Crippen LogP contribution is 2.43. The van der Waals surface area contributed by atoms with Gasteiger partial charge in [0.25, 0.3) is 0 Å². The summed E-state index contributed by atoms with van der Waals surface area (Å²) in [6, 6.07) is 4.53. The molecule has 0 radical (unpaired) electrons. The summed E-state index contributed by atoms with van der Waals surface area (Å²) in [5, 5.41) is 2.74. The molecule has 1 saturated carbocycles. The largest absolute Gasteiger partial charge is 0.444 e. The van der Waals surface area contributed by atoms with Gasteiger partial charge in [0.1, 0.15) is 23.5 Å². The Bertz CT molecular complexity index is 1200. The number of halogens is 1. The van der Waals surface area contributed by atoms with Gasteiger partial charge in [-0.25, -0.2) is 9.18 Å². The molecule has 224 valence electrons. The number of nitrogens with zero attached hydrogens (tertiary/aromatic N) is 3. The second-order valence-corrected chi connectivity index (χ2v) is 13.3. The SMILES string of the molecule is CC(C)(C)OC(=O)N1C2CCC(C2)[C@H]1C(=O)N[C@@H](Cc1ccc(N2CCC3C2CCN3C2COC2)cc1F)C(N)=O. The van der Waals surface area contributed by atoms with E-state index >= 15 is 4.39 Å². The summed E-state index contributed by atoms with van der Waals surface area (Å²) in [5.41, 5.74) is 6.12. The van der Waals surface area contributed by atoms with E-state index in [4.69, 9.17) is 15.2 Å². The molecular formula is C30H42FN5O5. The molecule has 3 N–H and O–H groups in total. The van der Waals surface area contributed by atoms with Crippen LogP contribution in [-0.2, 0) is 25.5 Å². The van der Waals surface area contributed by atoms with Crippen LogP contribution in [0.2, 0.25) is 0 Å². The molecule has 4 aliphatic heterocycles. The normalized spacial score (nSPS) is 30.3. The van der Waals surface area contributed by atoms with Crippen molar-refractivity contribution in [1.82, 2.24) is 15.1 Å². The Balaban J connectivity index is 1.12. The standard InChI is InChI=1S/C30H42FN5O5/c1-30(2,3)41-29(39)36-20-7-5-18(12-20)26(36)28(38)33-23(27(32)37)13-17-4-6-19(14-22(17)31)34-10-8-25-24(34)9-11-35(25)21-15-40-16-21/h4,6,14,18,20-21,23-26H,5,7-13,15-16H2,1-3H3,(H2,32,37)(H,33,38)/t18?,20?,23-,24?,25?,26-/m0/s1. The van der Waals surface area contributed by atoms with Gasteiger partial charge in [0.2, 0.25) is 11.8 Å². The van der Waals surface area contributed by atoms with Crippen LogP contribution in [0, 0.1) is 11.7 Å². The number of carbonyl (C=O) groups is 3. The molecule has 5 fully saturated rings. The average Bonchev–Trinajstić information content (AvgIpc) is 3.64. The summed E-state index contributed by atoms with van der Waals surface area (Å²) in [6.07, 6.45) is 3.85. The summed E-state index contributed by atoms with van der Waals surface area (Å²) >= 11 is 0. The van der Waals surface area contributed by atoms with Crippen molar-refractivity contribution < 1.29 is 28.2 Å². The van der Waals surface area contributed by atoms with E-state index in [1.54, 1.807) is 26.8 Å². The zero-order valence-electron chi connectivity index (χ0n) is 24.2. The van der Waals surface area contributed by atoms with Gasteiger partial charge in [-0.3, -0.25) is 19.4 Å². The van der Waals surface area contributed by atoms with E-state index in [0.29, 0.717) is 23.7 Å². The number of primary amides is 1. The van der Waals surface area contributed by atoms with E-state index in [1.165, 1.54) is 11.0 Å². The van der Waals surface area contributed by atoms with Crippen molar-refractivity contribution in [3.63, 3.8) is 0 Å². The number of amides is 3. The Morgan fingerprint density at radius 1 is 1.10 bits per heavy atom. The Labute approximate surface area is 240 Å². The average molecular weight is 572 g/mol. The van der Waals surface area contributed by atoms with Crippen LogP contribution in [0.4, 0.5) is 14.9 Å². The number of ether oxygens (including phenoxy) is 2. The topological polar surface area (TPSA) is 117 Å². The number of fused-ring (bicyclic) bond motifs is 3. The number of piperidine rings is 1. The maximum atomic E-state index is 15.4. The third-order valence-corrected chi connectivity index (χ3v) is 9.62. The number of hydrogen-bond donors (Lipinski definition) is 2. The summed E-state index contributed by atoms with van der Waals surface area (Å²) in [5.74, 6) is -1.63. The van der Waals surface area contributed by atoms with Crippen LogP contribution in [0.5, 0.6) is 0 Å². The highest BCUT2D eigenvalue weighted by atomic mass is 19.1. The van der Waals surface area contributed by atoms with Gasteiger partial charge in [-0.2, -0.15) is 0 Å². The van der Waals surface area contributed by atoms with Gasteiger partial charge >= 0.3 is 6.09 Å². The van der Waals surface area contributed by atoms with E-state index in [9.17, 15) is 14.4 Å². The number of carbonyl (C=O) groups excluding carboxylic acids is 3. The van der Waals surface area contributed by atoms with Crippen molar-refractivity contribution in [2.75, 3.05) is 31.2 Å². The first-order valence-electron chi connectivity index (χ1n) is 15.0. The van der Waals surface area contributed by atoms with Crippen molar-refractivity contribution >= 4 is 23.6 Å². The molecule has 10 nitrogen and oxygen atoms in total. The molecule has 6 rings (SSSR count). The molecule has 11 heteroatoms. The number of anilines is 1. The van der Waals surface area contributed by atoms with Crippen LogP contribution in [0.25, 0.3) is 0 Å². The zero-order valence-corrected chi connectivity index (χ0v) is 24.2. The van der Waals surface area contributed by atoms with Crippen LogP contribution < -0.4 is 16.0 Å². The minimum absolute atomic E-state index is 0.00955. The fourth-order valence-electron chi connectivity index (χ4n) is 7.69. The predicted octanol–water partition coefficient (Wildman–Crippen LogP) is 2.18. The highest BCUT2D eigenvalue weighted by molar-refractivity contribution is 5.91. The predicted molar refractivity (Wildman–Crippen MR) is 150 cm³/mol. The first kappa shape index (κ1) is 28.2. The molecule has 1 aliphatic carbocycles. The monoisotopic (exact) mass is 571 g/mol. The van der Waals surface area contributed by atoms with Crippen LogP contribution in [0.1, 0.15) is 58.4 Å². The third-order valence-electron chi connectivity index (χ3n) is 9.62. The lowest BCUT2D eigenvalue weighted by molar-refractivity contribution is -0.132. The smallest absolute Gasteiger partial charge is 0.411 e. The van der Waals surface area contributed by atoms with E-state index in [2.05, 4.69) is 15.1 Å². The van der Waals surface area contributed by atoms with Crippen LogP contribution >= 0.6 is 0 Å². The van der Waals surface area contributed by atoms with Crippen LogP contribution in [-0.4, -0.2) is 95.9 Å². The molecule has 4 unspecified atom stereocenters. The highest BCUT2D eigenvalue weighted by Gasteiger charge is 2.53. The van der Waals surface area contributed by atoms with Gasteiger partial charge in [-0.1, -0.05) is 6.07 Å². The Kier molecular flexibility index (Phi) is 7.38. The van der Waals surface area contributed by atoms with Gasteiger partial charge < -0.3 is 25.4 Å². The molecule has 5 aliphatic rings. The van der Waals surface area contributed by atoms with E-state index in [1.807, 2.05) is 6.07 Å². The fraction of sp³-hybridized carbons (Fsp3) is 0.700. The quantitative estimate of drug-likeness (QED) is 0.515. The molecule has 6 atom stereocenters. The number of nitrogens with one attached hydrogen (secondary N) is 1. The molecule has 4 heterocycles. The molecule has 1 aromatic rings. The third kappa shape index (κ3) is 5.38. The molecule has 3 amide bonds. The number of likely N-dealkylation sites (tertiary alicyclic amines) is 2. The first-order valence-corrected chi connectivity index (χ1v) is 15.0. The van der Waals surface area contributed by atoms with Crippen LogP contribution in [0.3, 0.4) is 0 Å². The number of nitrogens with two attached hydrogens (primary N) is 1. The lowest BCUT2D eigenvalue weighted by Crippen LogP contribution is -2.57. The molecule has 0 spiro atoms. The number of benzene rings is 1. The van der Waals surface area contributed by atoms with E-state index in [0.717, 1.165) is 64.1 Å². The number of hydrogen-bond acceptors (Lipinski definition) is 7. The van der Waals surface area contributed by atoms with Crippen molar-refractivity contribution in [3.8, 4) is 0 Å². The van der Waals surface area contributed by atoms with E-state index < -0.39 is 41.4 Å². The Morgan fingerprint density at radius 2 is 1.85 bits per heavy atom. The van der Waals surface area contributed by atoms with Gasteiger partial charge in [0.15, 0.2) is 0 Å². The molecule has 2 bridgehead atoms. The lowest BCUT2D eigenvalue weighted by atomic mass is 9.97. The first-order chi connectivity index (χ1) is 19.5. The summed E-state index contributed by atoms with van der Waals surface area (Å²) in [6.45, 7) is 8.85. The number of rotatable bonds is 7. The summed E-state index contributed by atoms with van der Waals surface area (Å²) < 4.78 is 26.4. The summed E-state index contributed by atoms with van der Waals surface area (Å²) in [4.78, 5) is 45.2. The molecule has 1 aromatic carbocycles. The molecule has 4 saturated heterocycles. The van der Waals surface area contributed by atoms with Crippen molar-refractivity contribution in [1.29, 1.82) is 0 Å². The maximum absolute atomic E-state index is 15.4. The van der Waals surface area contributed by atoms with Crippen LogP contribution in [0.15, 0.2) is 18.2 Å². The zero-order chi connectivity index (χ0) is 29.1. The minimum Gasteiger partial charge on any atom is -0.444 e. The van der Waals surface area contributed by atoms with Crippen molar-refractivity contribution in [2.24, 2.45) is 11.7 Å². The lowest BCUT2D eigenvalue weighted by Gasteiger charge is -2.38. The fourth-order valence-corrected chi connectivity index (χ4v) is 7.69. The Hall–Kier alpha value is -2.92. The van der Waals surface area contributed by atoms with Crippen molar-refractivity contribution in [2.45, 2.75) is 101 Å². The second-order valence-electron chi connectivity index (χ2n) is 13.3. The van der Waals surface area contributed by atoms with Gasteiger partial charge in [0.05, 0.1) is 19.3 Å². The maximum Gasteiger partial charge on any atom is 0.411 e. The van der Waals surface area contributed by atoms with Gasteiger partial charge in [-0.05, 0) is 76.5 Å². The Morgan fingerprint density at radius 3 is 2.51 bits per heavy atom. The van der Waals surface area contributed by atoms with E-state index in [-0.39, 0.29) is 18.4 Å². The molecule has 41 heavy (non-hydrogen) atoms. The van der Waals surface area contributed by atoms with Gasteiger partial charge in [-0.15, -0.1) is 0 Å². The van der Waals surface area contributed by atoms with Gasteiger partial charge in [0, 0.05) is 43.3 Å². The van der Waals surface area contributed by atoms with Crippen molar-refractivity contribution in [3.05, 3.63) is 29.6 Å². The molecular weight excluding hydrogens is 529 g/mol. The second kappa shape index (κ2) is 10.7. The molecule has 0 aromatic heterocycles.